The van der Waals surface area contributed by atoms with Crippen LogP contribution in [0, 0.1) is 5.92 Å². The normalized spacial score (nSPS) is 19.6. The second-order valence-corrected chi connectivity index (χ2v) is 11.1. The summed E-state index contributed by atoms with van der Waals surface area (Å²) in [5.74, 6) is 1.37. The number of aromatic nitrogens is 2. The largest absolute Gasteiger partial charge is 0.369 e. The van der Waals surface area contributed by atoms with Crippen molar-refractivity contribution in [1.29, 1.82) is 0 Å². The van der Waals surface area contributed by atoms with E-state index in [1.54, 1.807) is 6.20 Å². The van der Waals surface area contributed by atoms with Gasteiger partial charge in [-0.1, -0.05) is 52.2 Å². The van der Waals surface area contributed by atoms with Crippen LogP contribution in [0.5, 0.6) is 0 Å². The highest BCUT2D eigenvalue weighted by atomic mass is 15.3. The fourth-order valence-corrected chi connectivity index (χ4v) is 6.13. The molecule has 1 aliphatic carbocycles. The summed E-state index contributed by atoms with van der Waals surface area (Å²) in [4.78, 5) is 5.28. The van der Waals surface area contributed by atoms with Gasteiger partial charge in [-0.25, -0.2) is 0 Å². The van der Waals surface area contributed by atoms with Crippen LogP contribution in [0.1, 0.15) is 83.2 Å². The summed E-state index contributed by atoms with van der Waals surface area (Å²) in [6.07, 6.45) is 13.8. The van der Waals surface area contributed by atoms with E-state index >= 15 is 0 Å². The van der Waals surface area contributed by atoms with Crippen molar-refractivity contribution in [3.63, 3.8) is 0 Å². The van der Waals surface area contributed by atoms with Crippen LogP contribution < -0.4 is 10.2 Å². The molecule has 1 aromatic carbocycles. The summed E-state index contributed by atoms with van der Waals surface area (Å²) in [5.41, 5.74) is 4.77. The minimum atomic E-state index is 0.381. The van der Waals surface area contributed by atoms with Gasteiger partial charge in [0.15, 0.2) is 0 Å². The van der Waals surface area contributed by atoms with Crippen molar-refractivity contribution in [2.75, 3.05) is 31.1 Å². The minimum absolute atomic E-state index is 0.381. The molecule has 0 radical (unpaired) electrons. The number of nitrogens with one attached hydrogen (secondary N) is 1. The van der Waals surface area contributed by atoms with E-state index < -0.39 is 0 Å². The summed E-state index contributed by atoms with van der Waals surface area (Å²) >= 11 is 0. The quantitative estimate of drug-likeness (QED) is 0.397. The van der Waals surface area contributed by atoms with Crippen molar-refractivity contribution < 1.29 is 0 Å². The van der Waals surface area contributed by atoms with E-state index in [1.807, 2.05) is 0 Å². The zero-order valence-electron chi connectivity index (χ0n) is 22.4. The Morgan fingerprint density at radius 2 is 1.86 bits per heavy atom. The van der Waals surface area contributed by atoms with Crippen LogP contribution in [0.3, 0.4) is 0 Å². The molecule has 1 aliphatic heterocycles. The van der Waals surface area contributed by atoms with Gasteiger partial charge in [-0.05, 0) is 62.9 Å². The molecular weight excluding hydrogens is 430 g/mol. The predicted molar refractivity (Wildman–Crippen MR) is 150 cm³/mol. The summed E-state index contributed by atoms with van der Waals surface area (Å²) in [5, 5.41) is 9.30. The number of fused-ring (bicyclic) bond motifs is 1. The highest BCUT2D eigenvalue weighted by molar-refractivity contribution is 5.86. The van der Waals surface area contributed by atoms with Gasteiger partial charge in [-0.15, -0.1) is 0 Å². The van der Waals surface area contributed by atoms with E-state index in [9.17, 15) is 0 Å². The Labute approximate surface area is 213 Å². The number of benzene rings is 1. The van der Waals surface area contributed by atoms with Crippen LogP contribution in [-0.4, -0.2) is 46.9 Å². The third kappa shape index (κ3) is 6.49. The summed E-state index contributed by atoms with van der Waals surface area (Å²) in [6.45, 7) is 17.1. The molecule has 5 heteroatoms. The first-order chi connectivity index (χ1) is 17.0. The molecule has 2 aliphatic rings. The van der Waals surface area contributed by atoms with Gasteiger partial charge in [-0.2, -0.15) is 5.10 Å². The molecular formula is C30H47N5. The molecule has 2 fully saturated rings. The van der Waals surface area contributed by atoms with Gasteiger partial charge < -0.3 is 10.2 Å². The molecule has 0 amide bonds. The van der Waals surface area contributed by atoms with Crippen LogP contribution >= 0.6 is 0 Å². The molecule has 2 heterocycles. The molecule has 1 N–H and O–H groups in total. The highest BCUT2D eigenvalue weighted by Gasteiger charge is 2.24. The van der Waals surface area contributed by atoms with E-state index in [0.29, 0.717) is 12.0 Å². The Bertz CT molecular complexity index is 978. The first-order valence-corrected chi connectivity index (χ1v) is 14.0. The Kier molecular flexibility index (Phi) is 8.94. The molecule has 0 spiro atoms. The number of rotatable bonds is 11. The fraction of sp³-hybridized carbons (Fsp3) is 0.633. The number of anilines is 1. The topological polar surface area (TPSA) is 36.3 Å². The average Bonchev–Trinajstić information content (AvgIpc) is 3.22. The number of allylic oxidation sites excluding steroid dienone is 1. The molecule has 2 unspecified atom stereocenters. The van der Waals surface area contributed by atoms with Gasteiger partial charge in [0.2, 0.25) is 0 Å². The second-order valence-electron chi connectivity index (χ2n) is 11.1. The smallest absolute Gasteiger partial charge is 0.0731 e. The van der Waals surface area contributed by atoms with E-state index in [0.717, 1.165) is 37.5 Å². The first kappa shape index (κ1) is 25.8. The van der Waals surface area contributed by atoms with Crippen molar-refractivity contribution in [2.45, 2.75) is 83.6 Å². The van der Waals surface area contributed by atoms with Gasteiger partial charge in [0, 0.05) is 62.0 Å². The third-order valence-electron chi connectivity index (χ3n) is 8.54. The maximum absolute atomic E-state index is 4.91. The van der Waals surface area contributed by atoms with Gasteiger partial charge in [0.1, 0.15) is 0 Å². The second kappa shape index (κ2) is 12.1. The molecule has 4 rings (SSSR count). The Hall–Kier alpha value is -2.27. The number of aryl methyl sites for hydroxylation is 1. The number of hydrogen-bond acceptors (Lipinski definition) is 4. The summed E-state index contributed by atoms with van der Waals surface area (Å²) < 4.78 is 2.06. The standard InChI is InChI=1S/C30H47N5/c1-6-31-24(3)13-12-23(2)30-28-17-16-27(22-29(28)33(5)32-30)35-20-18-34(19-21-35)25(4)14-15-26-10-8-7-9-11-26/h6,16-17,22-23,25-26,31H,1,3,7-15,18-21H2,2,4-5H3. The van der Waals surface area contributed by atoms with Gasteiger partial charge >= 0.3 is 0 Å². The maximum Gasteiger partial charge on any atom is 0.0731 e. The SMILES string of the molecule is C=CNC(=C)CCC(C)c1nn(C)c2cc(N3CCN(C(C)CCC4CCCCC4)CC3)ccc12. The van der Waals surface area contributed by atoms with E-state index in [4.69, 9.17) is 5.10 Å². The van der Waals surface area contributed by atoms with Crippen LogP contribution in [0.2, 0.25) is 0 Å². The van der Waals surface area contributed by atoms with Gasteiger partial charge in [0.05, 0.1) is 11.2 Å². The monoisotopic (exact) mass is 477 g/mol. The number of hydrogen-bond donors (Lipinski definition) is 1. The Balaban J connectivity index is 1.33. The lowest BCUT2D eigenvalue weighted by atomic mass is 9.85. The van der Waals surface area contributed by atoms with E-state index in [2.05, 4.69) is 72.1 Å². The van der Waals surface area contributed by atoms with Crippen LogP contribution in [-0.2, 0) is 7.05 Å². The molecule has 2 aromatic rings. The lowest BCUT2D eigenvalue weighted by molar-refractivity contribution is 0.175. The lowest BCUT2D eigenvalue weighted by Crippen LogP contribution is -2.49. The van der Waals surface area contributed by atoms with Crippen molar-refractivity contribution >= 4 is 16.6 Å². The van der Waals surface area contributed by atoms with Crippen LogP contribution in [0.25, 0.3) is 10.9 Å². The van der Waals surface area contributed by atoms with Crippen molar-refractivity contribution in [2.24, 2.45) is 13.0 Å². The van der Waals surface area contributed by atoms with E-state index in [-0.39, 0.29) is 0 Å². The maximum atomic E-state index is 4.91. The summed E-state index contributed by atoms with van der Waals surface area (Å²) in [7, 11) is 2.08. The fourth-order valence-electron chi connectivity index (χ4n) is 6.13. The van der Waals surface area contributed by atoms with Crippen molar-refractivity contribution in [1.82, 2.24) is 20.0 Å². The highest BCUT2D eigenvalue weighted by Crippen LogP contribution is 2.32. The zero-order valence-corrected chi connectivity index (χ0v) is 22.4. The van der Waals surface area contributed by atoms with Gasteiger partial charge in [-0.3, -0.25) is 9.58 Å². The number of nitrogens with zero attached hydrogens (tertiary/aromatic N) is 4. The van der Waals surface area contributed by atoms with Crippen molar-refractivity contribution in [3.8, 4) is 0 Å². The minimum Gasteiger partial charge on any atom is -0.369 e. The Morgan fingerprint density at radius 1 is 1.11 bits per heavy atom. The number of piperazine rings is 1. The predicted octanol–water partition coefficient (Wildman–Crippen LogP) is 6.57. The molecule has 35 heavy (non-hydrogen) atoms. The molecule has 5 nitrogen and oxygen atoms in total. The molecule has 2 atom stereocenters. The molecule has 0 bridgehead atoms. The van der Waals surface area contributed by atoms with E-state index in [1.165, 1.54) is 80.3 Å². The lowest BCUT2D eigenvalue weighted by Gasteiger charge is -2.39. The molecule has 192 valence electrons. The third-order valence-corrected chi connectivity index (χ3v) is 8.54. The summed E-state index contributed by atoms with van der Waals surface area (Å²) in [6, 6.07) is 7.65. The van der Waals surface area contributed by atoms with Gasteiger partial charge in [0.25, 0.3) is 0 Å². The average molecular weight is 478 g/mol. The van der Waals surface area contributed by atoms with Crippen LogP contribution in [0.15, 0.2) is 43.3 Å². The first-order valence-electron chi connectivity index (χ1n) is 14.0. The van der Waals surface area contributed by atoms with Crippen LogP contribution in [0.4, 0.5) is 5.69 Å². The molecule has 1 saturated carbocycles. The van der Waals surface area contributed by atoms with Crippen molar-refractivity contribution in [3.05, 3.63) is 48.9 Å². The zero-order chi connectivity index (χ0) is 24.8. The molecule has 1 aromatic heterocycles. The molecule has 1 saturated heterocycles. The Morgan fingerprint density at radius 3 is 2.57 bits per heavy atom.